The van der Waals surface area contributed by atoms with Crippen LogP contribution in [0.5, 0.6) is 0 Å². The van der Waals surface area contributed by atoms with Crippen LogP contribution in [0.25, 0.3) is 12.2 Å². The van der Waals surface area contributed by atoms with Gasteiger partial charge in [-0.05, 0) is 43.5 Å². The lowest BCUT2D eigenvalue weighted by atomic mass is 9.98. The van der Waals surface area contributed by atoms with E-state index in [-0.39, 0.29) is 43.1 Å². The molecule has 0 spiro atoms. The number of carbonyl (C=O) groups excluding carboxylic acids is 2. The third-order valence-electron chi connectivity index (χ3n) is 7.44. The van der Waals surface area contributed by atoms with Crippen LogP contribution in [0.3, 0.4) is 0 Å². The third-order valence-corrected chi connectivity index (χ3v) is 7.44. The Balaban J connectivity index is 1.39. The summed E-state index contributed by atoms with van der Waals surface area (Å²) in [6, 6.07) is 4.01. The van der Waals surface area contributed by atoms with Gasteiger partial charge in [-0.1, -0.05) is 44.1 Å². The van der Waals surface area contributed by atoms with E-state index in [1.54, 1.807) is 22.9 Å². The number of anilines is 1. The number of hydrogen-bond acceptors (Lipinski definition) is 3. The molecule has 1 aliphatic heterocycles. The van der Waals surface area contributed by atoms with Crippen molar-refractivity contribution in [3.63, 3.8) is 0 Å². The molecular formula is C30H37F2N3O3. The lowest BCUT2D eigenvalue weighted by molar-refractivity contribution is -0.133. The normalized spacial score (nSPS) is 20.3. The Bertz CT molecular complexity index is 1200. The number of rotatable bonds is 9. The molecule has 1 N–H and O–H groups in total. The molecule has 2 unspecified atom stereocenters. The van der Waals surface area contributed by atoms with Crippen molar-refractivity contribution >= 4 is 29.7 Å². The second-order valence-corrected chi connectivity index (χ2v) is 10.2. The largest absolute Gasteiger partial charge is 0.376 e. The van der Waals surface area contributed by atoms with Crippen molar-refractivity contribution in [2.75, 3.05) is 18.5 Å². The van der Waals surface area contributed by atoms with Crippen LogP contribution in [-0.2, 0) is 23.0 Å². The highest BCUT2D eigenvalue weighted by Gasteiger charge is 2.36. The van der Waals surface area contributed by atoms with E-state index in [0.717, 1.165) is 31.4 Å². The number of allylic oxidation sites excluding steroid dienone is 1. The van der Waals surface area contributed by atoms with Gasteiger partial charge in [0.05, 0.1) is 43.0 Å². The van der Waals surface area contributed by atoms with Crippen molar-refractivity contribution < 1.29 is 23.1 Å². The standard InChI is InChI=1S/C30H37F2N3O3/c1-4-9-24-25(18-34(3)28(24)5-2)30(37)33-27-13-12-20(14-26(27)32)15-29(36)35-17-21(31)16-22(35)19-38-23-10-7-6-8-11-23/h4-5,9,12-14,18,21-23H,2,6-8,10-11,15-17,19H2,1,3H3,(H,33,37)/b9-4-. The van der Waals surface area contributed by atoms with Crippen LogP contribution < -0.4 is 5.32 Å². The highest BCUT2D eigenvalue weighted by molar-refractivity contribution is 6.07. The number of benzene rings is 1. The number of nitrogens with one attached hydrogen (secondary N) is 1. The first-order valence-electron chi connectivity index (χ1n) is 13.4. The minimum Gasteiger partial charge on any atom is -0.376 e. The molecule has 204 valence electrons. The zero-order valence-corrected chi connectivity index (χ0v) is 22.2. The summed E-state index contributed by atoms with van der Waals surface area (Å²) in [4.78, 5) is 27.5. The number of alkyl halides is 1. The fourth-order valence-electron chi connectivity index (χ4n) is 5.48. The van der Waals surface area contributed by atoms with Crippen LogP contribution in [0.4, 0.5) is 14.5 Å². The molecule has 2 atom stereocenters. The van der Waals surface area contributed by atoms with Gasteiger partial charge in [-0.25, -0.2) is 8.78 Å². The van der Waals surface area contributed by atoms with Gasteiger partial charge >= 0.3 is 0 Å². The maximum absolute atomic E-state index is 15.0. The first-order valence-corrected chi connectivity index (χ1v) is 13.4. The summed E-state index contributed by atoms with van der Waals surface area (Å²) < 4.78 is 37.0. The van der Waals surface area contributed by atoms with Crippen LogP contribution in [0, 0.1) is 5.82 Å². The minimum atomic E-state index is -1.08. The molecule has 1 aliphatic carbocycles. The molecule has 1 saturated carbocycles. The van der Waals surface area contributed by atoms with E-state index in [2.05, 4.69) is 11.9 Å². The van der Waals surface area contributed by atoms with E-state index >= 15 is 0 Å². The molecule has 0 bridgehead atoms. The Kier molecular flexibility index (Phi) is 9.15. The van der Waals surface area contributed by atoms with Crippen molar-refractivity contribution in [3.8, 4) is 0 Å². The quantitative estimate of drug-likeness (QED) is 0.442. The predicted octanol–water partition coefficient (Wildman–Crippen LogP) is 5.92. The summed E-state index contributed by atoms with van der Waals surface area (Å²) in [5.74, 6) is -1.34. The number of halogens is 2. The number of carbonyl (C=O) groups is 2. The molecular weight excluding hydrogens is 488 g/mol. The first kappa shape index (κ1) is 27.8. The summed E-state index contributed by atoms with van der Waals surface area (Å²) >= 11 is 0. The summed E-state index contributed by atoms with van der Waals surface area (Å²) in [6.07, 6.45) is 11.8. The van der Waals surface area contributed by atoms with Gasteiger partial charge in [-0.2, -0.15) is 0 Å². The summed E-state index contributed by atoms with van der Waals surface area (Å²) in [5, 5.41) is 2.63. The van der Waals surface area contributed by atoms with Crippen LogP contribution in [0.2, 0.25) is 0 Å². The zero-order valence-electron chi connectivity index (χ0n) is 22.2. The van der Waals surface area contributed by atoms with E-state index in [4.69, 9.17) is 4.74 Å². The molecule has 8 heteroatoms. The lowest BCUT2D eigenvalue weighted by Crippen LogP contribution is -2.40. The van der Waals surface area contributed by atoms with Crippen LogP contribution >= 0.6 is 0 Å². The summed E-state index contributed by atoms with van der Waals surface area (Å²) in [5.41, 5.74) is 2.36. The summed E-state index contributed by atoms with van der Waals surface area (Å²) in [7, 11) is 1.81. The number of nitrogens with zero attached hydrogens (tertiary/aromatic N) is 2. The lowest BCUT2D eigenvalue weighted by Gasteiger charge is -2.28. The average molecular weight is 526 g/mol. The molecule has 1 aromatic heterocycles. The second kappa shape index (κ2) is 12.5. The predicted molar refractivity (Wildman–Crippen MR) is 146 cm³/mol. The molecule has 2 fully saturated rings. The second-order valence-electron chi connectivity index (χ2n) is 10.2. The Morgan fingerprint density at radius 1 is 1.24 bits per heavy atom. The van der Waals surface area contributed by atoms with Gasteiger partial charge < -0.3 is 19.5 Å². The Morgan fingerprint density at radius 3 is 2.68 bits per heavy atom. The van der Waals surface area contributed by atoms with Gasteiger partial charge in [0.15, 0.2) is 0 Å². The maximum Gasteiger partial charge on any atom is 0.257 e. The molecule has 0 radical (unpaired) electrons. The van der Waals surface area contributed by atoms with Crippen molar-refractivity contribution in [2.45, 2.75) is 70.2 Å². The number of aryl methyl sites for hydroxylation is 1. The molecule has 38 heavy (non-hydrogen) atoms. The van der Waals surface area contributed by atoms with E-state index in [1.165, 1.54) is 23.5 Å². The number of amides is 2. The van der Waals surface area contributed by atoms with Gasteiger partial charge in [0, 0.05) is 30.9 Å². The fourth-order valence-corrected chi connectivity index (χ4v) is 5.48. The van der Waals surface area contributed by atoms with Crippen LogP contribution in [0.15, 0.2) is 37.1 Å². The monoisotopic (exact) mass is 525 g/mol. The van der Waals surface area contributed by atoms with Gasteiger partial charge in [-0.15, -0.1) is 0 Å². The number of hydrogen-bond donors (Lipinski definition) is 1. The van der Waals surface area contributed by atoms with Crippen molar-refractivity contribution in [1.82, 2.24) is 9.47 Å². The Hall–Kier alpha value is -3.26. The SMILES string of the molecule is C=Cc1c(/C=C\C)c(C(=O)Nc2ccc(CC(=O)N3CC(F)CC3COC3CCCCC3)cc2F)cn1C. The highest BCUT2D eigenvalue weighted by atomic mass is 19.1. The first-order chi connectivity index (χ1) is 18.3. The molecule has 2 amide bonds. The number of aromatic nitrogens is 1. The van der Waals surface area contributed by atoms with Crippen molar-refractivity contribution in [3.05, 3.63) is 65.3 Å². The van der Waals surface area contributed by atoms with E-state index in [9.17, 15) is 18.4 Å². The number of ether oxygens (including phenoxy) is 1. The molecule has 1 aromatic carbocycles. The highest BCUT2D eigenvalue weighted by Crippen LogP contribution is 2.27. The number of likely N-dealkylation sites (tertiary alicyclic amines) is 1. The van der Waals surface area contributed by atoms with Gasteiger partial charge in [-0.3, -0.25) is 9.59 Å². The maximum atomic E-state index is 15.0. The van der Waals surface area contributed by atoms with E-state index < -0.39 is 17.9 Å². The van der Waals surface area contributed by atoms with E-state index in [1.807, 2.05) is 26.1 Å². The topological polar surface area (TPSA) is 63.6 Å². The Labute approximate surface area is 223 Å². The third kappa shape index (κ3) is 6.41. The van der Waals surface area contributed by atoms with Crippen molar-refractivity contribution in [1.29, 1.82) is 0 Å². The van der Waals surface area contributed by atoms with Crippen LogP contribution in [-0.4, -0.2) is 52.8 Å². The average Bonchev–Trinajstić information content (AvgIpc) is 3.44. The van der Waals surface area contributed by atoms with Crippen molar-refractivity contribution in [2.24, 2.45) is 7.05 Å². The molecule has 1 saturated heterocycles. The van der Waals surface area contributed by atoms with E-state index in [0.29, 0.717) is 23.3 Å². The smallest absolute Gasteiger partial charge is 0.257 e. The fraction of sp³-hybridized carbons (Fsp3) is 0.467. The molecule has 2 aliphatic rings. The molecule has 6 nitrogen and oxygen atoms in total. The van der Waals surface area contributed by atoms with Crippen LogP contribution in [0.1, 0.15) is 72.6 Å². The Morgan fingerprint density at radius 2 is 2.00 bits per heavy atom. The van der Waals surface area contributed by atoms with Gasteiger partial charge in [0.2, 0.25) is 5.91 Å². The minimum absolute atomic E-state index is 0.0189. The van der Waals surface area contributed by atoms with Gasteiger partial charge in [0.1, 0.15) is 12.0 Å². The molecule has 4 rings (SSSR count). The summed E-state index contributed by atoms with van der Waals surface area (Å²) in [6.45, 7) is 6.02. The van der Waals surface area contributed by atoms with Gasteiger partial charge in [0.25, 0.3) is 5.91 Å². The molecule has 2 aromatic rings. The molecule has 2 heterocycles. The zero-order chi connectivity index (χ0) is 27.2.